The first kappa shape index (κ1) is 31.6. The Morgan fingerprint density at radius 2 is 1.74 bits per heavy atom. The monoisotopic (exact) mass is 596 g/mol. The Hall–Kier alpha value is -1.40. The maximum atomic E-state index is 13.4. The number of amides is 2. The van der Waals surface area contributed by atoms with Crippen LogP contribution in [0.5, 0.6) is 0 Å². The van der Waals surface area contributed by atoms with E-state index >= 15 is 0 Å². The van der Waals surface area contributed by atoms with Crippen LogP contribution in [-0.4, -0.2) is 71.2 Å². The quantitative estimate of drug-likeness (QED) is 0.351. The van der Waals surface area contributed by atoms with Crippen LogP contribution in [0.25, 0.3) is 0 Å². The molecule has 0 unspecified atom stereocenters. The molecule has 0 radical (unpaired) electrons. The number of aliphatic hydroxyl groups excluding tert-OH is 1. The normalized spacial score (nSPS) is 41.1. The predicted molar refractivity (Wildman–Crippen MR) is 170 cm³/mol. The van der Waals surface area contributed by atoms with Gasteiger partial charge in [-0.2, -0.15) is 0 Å². The number of morpholine rings is 1. The zero-order valence-corrected chi connectivity index (χ0v) is 28.1. The van der Waals surface area contributed by atoms with E-state index in [0.717, 1.165) is 81.8 Å². The standard InChI is InChI=1S/C37H60N2O4/c1-25(7-12-32(41)38-19-17-35(4,18-20-38)24-39-21-22-43-34(2,3)33(39)42)29-10-11-30-28-9-8-26-23-27(40)13-15-36(26,5)31(28)14-16-37(29,30)6/h8,25,27-31,40H,7,9-24H2,1-6H3/t25-,27+,28+,29-,30+,31+,36+,37-/m1/s1. The summed E-state index contributed by atoms with van der Waals surface area (Å²) in [7, 11) is 0. The van der Waals surface area contributed by atoms with Crippen molar-refractivity contribution in [2.24, 2.45) is 45.8 Å². The van der Waals surface area contributed by atoms with Crippen LogP contribution in [0.1, 0.15) is 119 Å². The number of hydrogen-bond acceptors (Lipinski definition) is 4. The first-order valence-electron chi connectivity index (χ1n) is 17.8. The van der Waals surface area contributed by atoms with Crippen LogP contribution in [0, 0.1) is 45.8 Å². The number of fused-ring (bicyclic) bond motifs is 5. The largest absolute Gasteiger partial charge is 0.393 e. The molecule has 0 aromatic carbocycles. The number of aliphatic hydroxyl groups is 1. The molecule has 0 aromatic heterocycles. The fraction of sp³-hybridized carbons (Fsp3) is 0.892. The van der Waals surface area contributed by atoms with Crippen LogP contribution >= 0.6 is 0 Å². The summed E-state index contributed by atoms with van der Waals surface area (Å²) < 4.78 is 5.69. The van der Waals surface area contributed by atoms with Gasteiger partial charge in [0.2, 0.25) is 5.91 Å². The molecule has 0 spiro atoms. The third-order valence-corrected chi connectivity index (χ3v) is 14.2. The Morgan fingerprint density at radius 1 is 1.00 bits per heavy atom. The Bertz CT molecular complexity index is 1110. The van der Waals surface area contributed by atoms with Crippen molar-refractivity contribution in [1.82, 2.24) is 9.80 Å². The van der Waals surface area contributed by atoms with Gasteiger partial charge in [-0.25, -0.2) is 0 Å². The van der Waals surface area contributed by atoms with E-state index in [1.54, 1.807) is 5.57 Å². The Kier molecular flexibility index (Phi) is 8.40. The summed E-state index contributed by atoms with van der Waals surface area (Å²) in [4.78, 5) is 30.4. The molecule has 0 bridgehead atoms. The molecule has 1 N–H and O–H groups in total. The summed E-state index contributed by atoms with van der Waals surface area (Å²) in [5.74, 6) is 4.11. The van der Waals surface area contributed by atoms with E-state index in [0.29, 0.717) is 42.2 Å². The summed E-state index contributed by atoms with van der Waals surface area (Å²) in [6.45, 7) is 17.3. The summed E-state index contributed by atoms with van der Waals surface area (Å²) in [6, 6.07) is 0. The molecule has 3 saturated carbocycles. The van der Waals surface area contributed by atoms with E-state index in [9.17, 15) is 14.7 Å². The van der Waals surface area contributed by atoms with Crippen LogP contribution in [-0.2, 0) is 14.3 Å². The molecule has 0 aromatic rings. The first-order valence-corrected chi connectivity index (χ1v) is 17.8. The maximum Gasteiger partial charge on any atom is 0.254 e. The summed E-state index contributed by atoms with van der Waals surface area (Å²) in [5, 5.41) is 10.3. The third-order valence-electron chi connectivity index (χ3n) is 14.2. The minimum absolute atomic E-state index is 0.0585. The maximum absolute atomic E-state index is 13.4. The number of rotatable bonds is 6. The lowest BCUT2D eigenvalue weighted by molar-refractivity contribution is -0.168. The van der Waals surface area contributed by atoms with Crippen LogP contribution in [0.3, 0.4) is 0 Å². The first-order chi connectivity index (χ1) is 20.3. The van der Waals surface area contributed by atoms with Crippen molar-refractivity contribution in [3.05, 3.63) is 11.6 Å². The van der Waals surface area contributed by atoms with Crippen molar-refractivity contribution >= 4 is 11.8 Å². The lowest BCUT2D eigenvalue weighted by Crippen LogP contribution is -2.57. The molecule has 5 fully saturated rings. The number of nitrogens with zero attached hydrogens (tertiary/aromatic N) is 2. The number of hydrogen-bond donors (Lipinski definition) is 1. The SMILES string of the molecule is C[C@H](CCC(=O)N1CCC(C)(CN2CCOC(C)(C)C2=O)CC1)[C@H]1CC[C@H]2[C@@H]3CC=C4C[C@@H](O)CC[C@]4(C)[C@H]3CC[C@]12C. The molecule has 6 heteroatoms. The lowest BCUT2D eigenvalue weighted by atomic mass is 9.47. The molecule has 4 aliphatic carbocycles. The number of carbonyl (C=O) groups is 2. The number of allylic oxidation sites excluding steroid dienone is 1. The van der Waals surface area contributed by atoms with Gasteiger partial charge in [0, 0.05) is 32.6 Å². The van der Waals surface area contributed by atoms with Gasteiger partial charge in [-0.1, -0.05) is 39.3 Å². The van der Waals surface area contributed by atoms with Gasteiger partial charge in [0.05, 0.1) is 12.7 Å². The third kappa shape index (κ3) is 5.64. The highest BCUT2D eigenvalue weighted by atomic mass is 16.5. The summed E-state index contributed by atoms with van der Waals surface area (Å²) in [5.41, 5.74) is 1.60. The minimum atomic E-state index is -0.729. The second-order valence-corrected chi connectivity index (χ2v) is 17.2. The molecule has 2 heterocycles. The molecule has 8 atom stereocenters. The second-order valence-electron chi connectivity index (χ2n) is 17.2. The van der Waals surface area contributed by atoms with Gasteiger partial charge in [0.15, 0.2) is 0 Å². The topological polar surface area (TPSA) is 70.1 Å². The molecule has 2 aliphatic heterocycles. The van der Waals surface area contributed by atoms with Gasteiger partial charge >= 0.3 is 0 Å². The fourth-order valence-corrected chi connectivity index (χ4v) is 11.3. The smallest absolute Gasteiger partial charge is 0.254 e. The zero-order valence-electron chi connectivity index (χ0n) is 28.1. The summed E-state index contributed by atoms with van der Waals surface area (Å²) >= 11 is 0. The van der Waals surface area contributed by atoms with Crippen molar-refractivity contribution in [3.63, 3.8) is 0 Å². The number of ether oxygens (including phenoxy) is 1. The van der Waals surface area contributed by atoms with Gasteiger partial charge in [0.25, 0.3) is 5.91 Å². The molecule has 2 amide bonds. The highest BCUT2D eigenvalue weighted by Gasteiger charge is 2.59. The van der Waals surface area contributed by atoms with E-state index < -0.39 is 5.60 Å². The number of likely N-dealkylation sites (tertiary alicyclic amines) is 1. The Balaban J connectivity index is 1.01. The summed E-state index contributed by atoms with van der Waals surface area (Å²) in [6.07, 6.45) is 15.6. The average molecular weight is 597 g/mol. The lowest BCUT2D eigenvalue weighted by Gasteiger charge is -2.58. The van der Waals surface area contributed by atoms with Gasteiger partial charge < -0.3 is 19.6 Å². The van der Waals surface area contributed by atoms with E-state index in [1.807, 2.05) is 18.7 Å². The number of piperidine rings is 1. The van der Waals surface area contributed by atoms with Crippen LogP contribution in [0.2, 0.25) is 0 Å². The van der Waals surface area contributed by atoms with Crippen molar-refractivity contribution in [1.29, 1.82) is 0 Å². The average Bonchev–Trinajstić information content (AvgIpc) is 3.32. The van der Waals surface area contributed by atoms with Crippen molar-refractivity contribution in [2.75, 3.05) is 32.8 Å². The highest BCUT2D eigenvalue weighted by molar-refractivity contribution is 5.85. The molecule has 2 saturated heterocycles. The predicted octanol–water partition coefficient (Wildman–Crippen LogP) is 6.61. The van der Waals surface area contributed by atoms with Gasteiger partial charge in [-0.05, 0) is 130 Å². The second kappa shape index (κ2) is 11.4. The number of carbonyl (C=O) groups excluding carboxylic acids is 2. The van der Waals surface area contributed by atoms with Crippen LogP contribution in [0.15, 0.2) is 11.6 Å². The van der Waals surface area contributed by atoms with Crippen molar-refractivity contribution in [3.8, 4) is 0 Å². The Morgan fingerprint density at radius 3 is 2.49 bits per heavy atom. The van der Waals surface area contributed by atoms with E-state index in [2.05, 4.69) is 38.7 Å². The van der Waals surface area contributed by atoms with Crippen LogP contribution < -0.4 is 0 Å². The van der Waals surface area contributed by atoms with Crippen LogP contribution in [0.4, 0.5) is 0 Å². The van der Waals surface area contributed by atoms with E-state index in [4.69, 9.17) is 4.74 Å². The highest BCUT2D eigenvalue weighted by Crippen LogP contribution is 2.67. The fourth-order valence-electron chi connectivity index (χ4n) is 11.3. The zero-order chi connectivity index (χ0) is 30.8. The molecule has 43 heavy (non-hydrogen) atoms. The van der Waals surface area contributed by atoms with Crippen molar-refractivity contribution in [2.45, 2.75) is 130 Å². The molecule has 6 nitrogen and oxygen atoms in total. The van der Waals surface area contributed by atoms with E-state index in [1.165, 1.54) is 32.1 Å². The minimum Gasteiger partial charge on any atom is -0.393 e. The molecule has 242 valence electrons. The van der Waals surface area contributed by atoms with Gasteiger partial charge in [0.1, 0.15) is 5.60 Å². The van der Waals surface area contributed by atoms with E-state index in [-0.39, 0.29) is 17.4 Å². The molecular weight excluding hydrogens is 536 g/mol. The molecular formula is C37H60N2O4. The van der Waals surface area contributed by atoms with Crippen molar-refractivity contribution < 1.29 is 19.4 Å². The van der Waals surface area contributed by atoms with Gasteiger partial charge in [-0.3, -0.25) is 9.59 Å². The Labute approximate surface area is 261 Å². The van der Waals surface area contributed by atoms with Gasteiger partial charge in [-0.15, -0.1) is 0 Å². The molecule has 6 rings (SSSR count). The molecule has 6 aliphatic rings.